The molecule has 0 spiro atoms. The molecule has 1 amide bonds. The van der Waals surface area contributed by atoms with Crippen molar-refractivity contribution in [1.29, 1.82) is 0 Å². The van der Waals surface area contributed by atoms with Crippen LogP contribution in [0.4, 0.5) is 0 Å². The first-order valence-corrected chi connectivity index (χ1v) is 5.86. The van der Waals surface area contributed by atoms with Gasteiger partial charge in [0.05, 0.1) is 25.2 Å². The lowest BCUT2D eigenvalue weighted by molar-refractivity contribution is 0.0953. The Balaban J connectivity index is 2.04. The van der Waals surface area contributed by atoms with E-state index in [1.807, 2.05) is 0 Å². The molecule has 20 heavy (non-hydrogen) atoms. The summed E-state index contributed by atoms with van der Waals surface area (Å²) in [7, 11) is 1.46. The van der Waals surface area contributed by atoms with Crippen LogP contribution in [0.3, 0.4) is 0 Å². The van der Waals surface area contributed by atoms with Gasteiger partial charge in [0.15, 0.2) is 11.5 Å². The van der Waals surface area contributed by atoms with E-state index in [1.165, 1.54) is 25.7 Å². The van der Waals surface area contributed by atoms with Crippen LogP contribution in [0, 0.1) is 6.92 Å². The molecule has 6 heteroatoms. The molecule has 0 atom stereocenters. The van der Waals surface area contributed by atoms with Gasteiger partial charge in [0.25, 0.3) is 5.91 Å². The van der Waals surface area contributed by atoms with E-state index in [0.717, 1.165) is 0 Å². The van der Waals surface area contributed by atoms with Crippen molar-refractivity contribution in [2.24, 2.45) is 5.10 Å². The number of ether oxygens (including phenoxy) is 1. The minimum atomic E-state index is -0.349. The van der Waals surface area contributed by atoms with Crippen LogP contribution in [-0.2, 0) is 0 Å². The van der Waals surface area contributed by atoms with Crippen molar-refractivity contribution in [2.75, 3.05) is 7.11 Å². The molecule has 0 unspecified atom stereocenters. The van der Waals surface area contributed by atoms with E-state index < -0.39 is 0 Å². The number of amides is 1. The van der Waals surface area contributed by atoms with Crippen LogP contribution in [0.2, 0.25) is 0 Å². The molecule has 2 N–H and O–H groups in total. The molecule has 0 saturated heterocycles. The first-order chi connectivity index (χ1) is 9.61. The molecule has 0 aliphatic carbocycles. The highest BCUT2D eigenvalue weighted by Crippen LogP contribution is 2.25. The Morgan fingerprint density at radius 1 is 1.45 bits per heavy atom. The maximum atomic E-state index is 11.7. The monoisotopic (exact) mass is 274 g/mol. The van der Waals surface area contributed by atoms with Gasteiger partial charge in [0.2, 0.25) is 0 Å². The maximum Gasteiger partial charge on any atom is 0.274 e. The predicted molar refractivity (Wildman–Crippen MR) is 73.2 cm³/mol. The van der Waals surface area contributed by atoms with Crippen molar-refractivity contribution in [2.45, 2.75) is 6.92 Å². The van der Waals surface area contributed by atoms with Gasteiger partial charge in [-0.05, 0) is 36.8 Å². The highest BCUT2D eigenvalue weighted by Gasteiger charge is 2.09. The zero-order chi connectivity index (χ0) is 14.5. The number of furan rings is 1. The number of nitrogens with one attached hydrogen (secondary N) is 1. The van der Waals surface area contributed by atoms with Gasteiger partial charge in [0.1, 0.15) is 5.76 Å². The van der Waals surface area contributed by atoms with Crippen molar-refractivity contribution in [3.05, 3.63) is 47.4 Å². The first kappa shape index (κ1) is 13.7. The molecule has 0 aliphatic rings. The van der Waals surface area contributed by atoms with Gasteiger partial charge in [-0.3, -0.25) is 4.79 Å². The predicted octanol–water partition coefficient (Wildman–Crippen LogP) is 2.07. The summed E-state index contributed by atoms with van der Waals surface area (Å²) in [5.74, 6) is 0.566. The van der Waals surface area contributed by atoms with E-state index in [9.17, 15) is 9.90 Å². The van der Waals surface area contributed by atoms with Crippen LogP contribution in [-0.4, -0.2) is 24.3 Å². The molecular weight excluding hydrogens is 260 g/mol. The summed E-state index contributed by atoms with van der Waals surface area (Å²) in [5.41, 5.74) is 3.51. The van der Waals surface area contributed by atoms with Crippen molar-refractivity contribution < 1.29 is 19.1 Å². The Labute approximate surface area is 115 Å². The lowest BCUT2D eigenvalue weighted by Crippen LogP contribution is -2.17. The van der Waals surface area contributed by atoms with Crippen molar-refractivity contribution in [1.82, 2.24) is 5.43 Å². The fraction of sp³-hybridized carbons (Fsp3) is 0.143. The molecule has 0 aliphatic heterocycles. The summed E-state index contributed by atoms with van der Waals surface area (Å²) >= 11 is 0. The molecule has 0 fully saturated rings. The Morgan fingerprint density at radius 2 is 2.25 bits per heavy atom. The van der Waals surface area contributed by atoms with Crippen LogP contribution in [0.25, 0.3) is 0 Å². The lowest BCUT2D eigenvalue weighted by atomic mass is 10.2. The molecule has 2 rings (SSSR count). The maximum absolute atomic E-state index is 11.7. The topological polar surface area (TPSA) is 84.1 Å². The van der Waals surface area contributed by atoms with Crippen LogP contribution < -0.4 is 10.2 Å². The highest BCUT2D eigenvalue weighted by molar-refractivity contribution is 5.95. The molecule has 0 bridgehead atoms. The standard InChI is InChI=1S/C14H14N2O4/c1-9-11(5-6-20-9)14(18)16-15-8-10-3-4-12(17)13(7-10)19-2/h3-8,17H,1-2H3,(H,16,18). The Kier molecular flexibility index (Phi) is 4.05. The minimum Gasteiger partial charge on any atom is -0.504 e. The number of rotatable bonds is 4. The first-order valence-electron chi connectivity index (χ1n) is 5.86. The van der Waals surface area contributed by atoms with Gasteiger partial charge in [-0.1, -0.05) is 0 Å². The number of hydrogen-bond acceptors (Lipinski definition) is 5. The Bertz CT molecular complexity index is 646. The van der Waals surface area contributed by atoms with Crippen LogP contribution in [0.1, 0.15) is 21.7 Å². The van der Waals surface area contributed by atoms with Gasteiger partial charge >= 0.3 is 0 Å². The third-order valence-electron chi connectivity index (χ3n) is 2.69. The van der Waals surface area contributed by atoms with Gasteiger partial charge in [0, 0.05) is 0 Å². The lowest BCUT2D eigenvalue weighted by Gasteiger charge is -2.03. The number of benzene rings is 1. The third kappa shape index (κ3) is 2.97. The van der Waals surface area contributed by atoms with Crippen molar-refractivity contribution in [3.8, 4) is 11.5 Å². The number of nitrogens with zero attached hydrogens (tertiary/aromatic N) is 1. The van der Waals surface area contributed by atoms with Crippen LogP contribution >= 0.6 is 0 Å². The second-order valence-electron chi connectivity index (χ2n) is 4.02. The fourth-order valence-electron chi connectivity index (χ4n) is 1.62. The summed E-state index contributed by atoms with van der Waals surface area (Å²) in [6.45, 7) is 1.70. The van der Waals surface area contributed by atoms with Gasteiger partial charge in [-0.15, -0.1) is 0 Å². The molecule has 1 aromatic heterocycles. The second-order valence-corrected chi connectivity index (χ2v) is 4.02. The number of hydrazone groups is 1. The van der Waals surface area contributed by atoms with Crippen molar-refractivity contribution in [3.63, 3.8) is 0 Å². The second kappa shape index (κ2) is 5.92. The molecule has 0 radical (unpaired) electrons. The zero-order valence-corrected chi connectivity index (χ0v) is 11.1. The summed E-state index contributed by atoms with van der Waals surface area (Å²) in [6.07, 6.45) is 2.90. The average molecular weight is 274 g/mol. The Hall–Kier alpha value is -2.76. The summed E-state index contributed by atoms with van der Waals surface area (Å²) in [4.78, 5) is 11.7. The number of phenols is 1. The van der Waals surface area contributed by atoms with Gasteiger partial charge in [-0.2, -0.15) is 5.10 Å². The average Bonchev–Trinajstić information content (AvgIpc) is 2.87. The van der Waals surface area contributed by atoms with E-state index in [4.69, 9.17) is 9.15 Å². The largest absolute Gasteiger partial charge is 0.504 e. The quantitative estimate of drug-likeness (QED) is 0.660. The SMILES string of the molecule is COc1cc(C=NNC(=O)c2ccoc2C)ccc1O. The number of phenolic OH excluding ortho intramolecular Hbond substituents is 1. The summed E-state index contributed by atoms with van der Waals surface area (Å²) in [5, 5.41) is 13.3. The molecule has 1 heterocycles. The van der Waals surface area contributed by atoms with Gasteiger partial charge < -0.3 is 14.3 Å². The van der Waals surface area contributed by atoms with Crippen LogP contribution in [0.5, 0.6) is 11.5 Å². The van der Waals surface area contributed by atoms with Crippen molar-refractivity contribution >= 4 is 12.1 Å². The van der Waals surface area contributed by atoms with Gasteiger partial charge in [-0.25, -0.2) is 5.43 Å². The normalized spacial score (nSPS) is 10.7. The van der Waals surface area contributed by atoms with E-state index in [1.54, 1.807) is 25.1 Å². The smallest absolute Gasteiger partial charge is 0.274 e. The van der Waals surface area contributed by atoms with E-state index in [2.05, 4.69) is 10.5 Å². The summed E-state index contributed by atoms with van der Waals surface area (Å²) in [6, 6.07) is 6.32. The molecular formula is C14H14N2O4. The fourth-order valence-corrected chi connectivity index (χ4v) is 1.62. The summed E-state index contributed by atoms with van der Waals surface area (Å²) < 4.78 is 10.0. The molecule has 0 saturated carbocycles. The Morgan fingerprint density at radius 3 is 2.90 bits per heavy atom. The number of methoxy groups -OCH3 is 1. The molecule has 6 nitrogen and oxygen atoms in total. The van der Waals surface area contributed by atoms with E-state index >= 15 is 0 Å². The van der Waals surface area contributed by atoms with E-state index in [0.29, 0.717) is 22.6 Å². The number of aromatic hydroxyl groups is 1. The number of carbonyl (C=O) groups excluding carboxylic acids is 1. The molecule has 1 aromatic carbocycles. The number of aryl methyl sites for hydroxylation is 1. The highest BCUT2D eigenvalue weighted by atomic mass is 16.5. The van der Waals surface area contributed by atoms with Crippen LogP contribution in [0.15, 0.2) is 40.0 Å². The van der Waals surface area contributed by atoms with E-state index in [-0.39, 0.29) is 11.7 Å². The molecule has 2 aromatic rings. The number of carbonyl (C=O) groups is 1. The number of hydrogen-bond donors (Lipinski definition) is 2. The third-order valence-corrected chi connectivity index (χ3v) is 2.69. The molecule has 104 valence electrons. The minimum absolute atomic E-state index is 0.0442. The zero-order valence-electron chi connectivity index (χ0n) is 11.1.